The molecule has 0 spiro atoms. The fourth-order valence-corrected chi connectivity index (χ4v) is 2.19. The van der Waals surface area contributed by atoms with E-state index in [1.165, 1.54) is 0 Å². The number of carbonyl (C=O) groups is 1. The number of nitrogens with zero attached hydrogens (tertiary/aromatic N) is 1. The van der Waals surface area contributed by atoms with Crippen molar-refractivity contribution < 1.29 is 9.53 Å². The Hall–Kier alpha value is -1.76. The van der Waals surface area contributed by atoms with Gasteiger partial charge in [0.2, 0.25) is 0 Å². The number of pyridine rings is 1. The van der Waals surface area contributed by atoms with Crippen LogP contribution >= 0.6 is 11.6 Å². The fourth-order valence-electron chi connectivity index (χ4n) is 2.08. The van der Waals surface area contributed by atoms with Crippen molar-refractivity contribution in [3.63, 3.8) is 0 Å². The number of hydrogen-bond donors (Lipinski definition) is 3. The summed E-state index contributed by atoms with van der Waals surface area (Å²) in [4.78, 5) is 16.3. The van der Waals surface area contributed by atoms with Gasteiger partial charge in [0.25, 0.3) is 0 Å². The molecule has 0 radical (unpaired) electrons. The van der Waals surface area contributed by atoms with Crippen molar-refractivity contribution in [2.45, 2.75) is 19.4 Å². The average Bonchev–Trinajstić information content (AvgIpc) is 2.54. The molecule has 22 heavy (non-hydrogen) atoms. The van der Waals surface area contributed by atoms with Gasteiger partial charge in [-0.1, -0.05) is 17.7 Å². The molecule has 0 bridgehead atoms. The maximum absolute atomic E-state index is 12.0. The quantitative estimate of drug-likeness (QED) is 0.709. The lowest BCUT2D eigenvalue weighted by Gasteiger charge is -2.23. The van der Waals surface area contributed by atoms with Crippen LogP contribution in [0.4, 0.5) is 0 Å². The van der Waals surface area contributed by atoms with E-state index in [1.807, 2.05) is 12.1 Å². The minimum atomic E-state index is -0.389. The van der Waals surface area contributed by atoms with Crippen molar-refractivity contribution in [1.82, 2.24) is 10.3 Å². The first-order chi connectivity index (χ1) is 10.5. The van der Waals surface area contributed by atoms with E-state index in [2.05, 4.69) is 10.3 Å². The third-order valence-electron chi connectivity index (χ3n) is 3.31. The van der Waals surface area contributed by atoms with Gasteiger partial charge < -0.3 is 15.8 Å². The molecule has 0 amide bonds. The van der Waals surface area contributed by atoms with Crippen molar-refractivity contribution in [3.05, 3.63) is 40.3 Å². The van der Waals surface area contributed by atoms with Crippen LogP contribution in [0.5, 0.6) is 0 Å². The van der Waals surface area contributed by atoms with Crippen LogP contribution in [0.1, 0.15) is 24.3 Å². The minimum Gasteiger partial charge on any atom is -0.401 e. The van der Waals surface area contributed by atoms with Crippen molar-refractivity contribution in [2.75, 3.05) is 19.7 Å². The number of rotatable bonds is 5. The number of ketones is 1. The Morgan fingerprint density at radius 3 is 2.91 bits per heavy atom. The van der Waals surface area contributed by atoms with E-state index in [0.29, 0.717) is 6.61 Å². The Bertz CT molecular complexity index is 588. The van der Waals surface area contributed by atoms with Gasteiger partial charge in [-0.3, -0.25) is 15.2 Å². The van der Waals surface area contributed by atoms with Gasteiger partial charge in [-0.15, -0.1) is 0 Å². The standard InChI is InChI=1S/C15H19ClN4O2/c1-9(17)14(16)15(18)12(21)6-10-2-3-11(20-7-10)13-8-19-4-5-22-13/h2-3,7,13,18-19H,4-6,8,17H2,1H3/t13-/m1/s1. The van der Waals surface area contributed by atoms with Gasteiger partial charge in [-0.25, -0.2) is 0 Å². The molecule has 1 aliphatic rings. The summed E-state index contributed by atoms with van der Waals surface area (Å²) in [6.07, 6.45) is 1.64. The lowest BCUT2D eigenvalue weighted by atomic mass is 10.1. The molecule has 1 atom stereocenters. The number of ether oxygens (including phenoxy) is 1. The Morgan fingerprint density at radius 2 is 2.36 bits per heavy atom. The van der Waals surface area contributed by atoms with Gasteiger partial charge in [0.1, 0.15) is 11.8 Å². The Morgan fingerprint density at radius 1 is 1.59 bits per heavy atom. The SMILES string of the molecule is CC(N)=C(Cl)C(=N)C(=O)Cc1ccc([C@H]2CNCCO2)nc1. The number of halogens is 1. The molecule has 4 N–H and O–H groups in total. The van der Waals surface area contributed by atoms with Crippen molar-refractivity contribution in [2.24, 2.45) is 5.73 Å². The number of Topliss-reactive ketones (excluding diaryl/α,β-unsaturated/α-hetero) is 1. The summed E-state index contributed by atoms with van der Waals surface area (Å²) in [7, 11) is 0. The van der Waals surface area contributed by atoms with E-state index in [4.69, 9.17) is 27.5 Å². The van der Waals surface area contributed by atoms with Crippen LogP contribution in [0.25, 0.3) is 0 Å². The van der Waals surface area contributed by atoms with E-state index in [0.717, 1.165) is 24.3 Å². The summed E-state index contributed by atoms with van der Waals surface area (Å²) < 4.78 is 5.62. The second kappa shape index (κ2) is 7.49. The molecule has 1 aromatic heterocycles. The smallest absolute Gasteiger partial charge is 0.186 e. The maximum Gasteiger partial charge on any atom is 0.186 e. The zero-order chi connectivity index (χ0) is 16.1. The van der Waals surface area contributed by atoms with Crippen LogP contribution in [0.2, 0.25) is 0 Å². The number of nitrogens with two attached hydrogens (primary N) is 1. The zero-order valence-corrected chi connectivity index (χ0v) is 13.1. The van der Waals surface area contributed by atoms with Crippen LogP contribution in [-0.4, -0.2) is 36.2 Å². The third kappa shape index (κ3) is 4.13. The topological polar surface area (TPSA) is 101 Å². The number of hydrogen-bond acceptors (Lipinski definition) is 6. The van der Waals surface area contributed by atoms with Crippen LogP contribution < -0.4 is 11.1 Å². The Kier molecular flexibility index (Phi) is 5.65. The molecular weight excluding hydrogens is 304 g/mol. The Balaban J connectivity index is 2.00. The molecule has 0 saturated carbocycles. The van der Waals surface area contributed by atoms with E-state index >= 15 is 0 Å². The maximum atomic E-state index is 12.0. The zero-order valence-electron chi connectivity index (χ0n) is 12.4. The molecule has 0 unspecified atom stereocenters. The summed E-state index contributed by atoms with van der Waals surface area (Å²) in [5.41, 5.74) is 7.03. The number of carbonyl (C=O) groups excluding carboxylic acids is 1. The molecule has 7 heteroatoms. The summed E-state index contributed by atoms with van der Waals surface area (Å²) >= 11 is 5.82. The van der Waals surface area contributed by atoms with E-state index < -0.39 is 0 Å². The summed E-state index contributed by atoms with van der Waals surface area (Å²) in [5.74, 6) is -0.389. The molecule has 1 aromatic rings. The van der Waals surface area contributed by atoms with Crippen molar-refractivity contribution in [3.8, 4) is 0 Å². The molecule has 1 aliphatic heterocycles. The van der Waals surface area contributed by atoms with Gasteiger partial charge in [0, 0.05) is 31.4 Å². The predicted molar refractivity (Wildman–Crippen MR) is 85.0 cm³/mol. The minimum absolute atomic E-state index is 0.00346. The van der Waals surface area contributed by atoms with E-state index in [-0.39, 0.29) is 34.7 Å². The van der Waals surface area contributed by atoms with Gasteiger partial charge >= 0.3 is 0 Å². The molecule has 0 aromatic carbocycles. The number of aromatic nitrogens is 1. The lowest BCUT2D eigenvalue weighted by molar-refractivity contribution is -0.112. The molecule has 1 fully saturated rings. The highest BCUT2D eigenvalue weighted by atomic mass is 35.5. The first-order valence-corrected chi connectivity index (χ1v) is 7.38. The number of morpholine rings is 1. The second-order valence-electron chi connectivity index (χ2n) is 5.13. The second-order valence-corrected chi connectivity index (χ2v) is 5.50. The summed E-state index contributed by atoms with van der Waals surface area (Å²) in [6.45, 7) is 3.79. The van der Waals surface area contributed by atoms with Gasteiger partial charge in [0.05, 0.1) is 17.3 Å². The molecule has 0 aliphatic carbocycles. The largest absolute Gasteiger partial charge is 0.401 e. The first kappa shape index (κ1) is 16.6. The summed E-state index contributed by atoms with van der Waals surface area (Å²) in [6, 6.07) is 3.66. The van der Waals surface area contributed by atoms with Crippen LogP contribution in [0, 0.1) is 5.41 Å². The molecule has 6 nitrogen and oxygen atoms in total. The van der Waals surface area contributed by atoms with Crippen LogP contribution in [0.3, 0.4) is 0 Å². The predicted octanol–water partition coefficient (Wildman–Crippen LogP) is 1.30. The van der Waals surface area contributed by atoms with E-state index in [9.17, 15) is 4.79 Å². The highest BCUT2D eigenvalue weighted by Crippen LogP contribution is 2.17. The highest BCUT2D eigenvalue weighted by Gasteiger charge is 2.18. The van der Waals surface area contributed by atoms with Gasteiger partial charge in [-0.05, 0) is 18.6 Å². The molecule has 2 rings (SSSR count). The molecule has 2 heterocycles. The fraction of sp³-hybridized carbons (Fsp3) is 0.400. The van der Waals surface area contributed by atoms with Gasteiger partial charge in [-0.2, -0.15) is 0 Å². The first-order valence-electron chi connectivity index (χ1n) is 7.00. The number of allylic oxidation sites excluding steroid dienone is 2. The van der Waals surface area contributed by atoms with Crippen LogP contribution in [0.15, 0.2) is 29.1 Å². The average molecular weight is 323 g/mol. The molecule has 1 saturated heterocycles. The Labute approximate surface area is 134 Å². The monoisotopic (exact) mass is 322 g/mol. The molecule has 118 valence electrons. The normalized spacial score (nSPS) is 19.5. The van der Waals surface area contributed by atoms with Gasteiger partial charge in [0.15, 0.2) is 5.78 Å². The lowest BCUT2D eigenvalue weighted by Crippen LogP contribution is -2.33. The third-order valence-corrected chi connectivity index (χ3v) is 3.80. The van der Waals surface area contributed by atoms with Crippen molar-refractivity contribution in [1.29, 1.82) is 5.41 Å². The summed E-state index contributed by atoms with van der Waals surface area (Å²) in [5, 5.41) is 11.0. The van der Waals surface area contributed by atoms with E-state index in [1.54, 1.807) is 13.1 Å². The highest BCUT2D eigenvalue weighted by molar-refractivity contribution is 6.59. The number of nitrogens with one attached hydrogen (secondary N) is 2. The van der Waals surface area contributed by atoms with Crippen molar-refractivity contribution >= 4 is 23.1 Å². The van der Waals surface area contributed by atoms with Crippen LogP contribution in [-0.2, 0) is 16.0 Å². The molecular formula is C15H19ClN4O2.